The standard InChI is InChI=1S/C16H32N2/c1-3-7-16(8-10-17-11-9-16)14-18-12-5-6-15(4-2)13-18/h15,17H,3-14H2,1-2H3. The molecular weight excluding hydrogens is 220 g/mol. The molecule has 0 amide bonds. The summed E-state index contributed by atoms with van der Waals surface area (Å²) in [6.07, 6.45) is 9.85. The van der Waals surface area contributed by atoms with Gasteiger partial charge in [0, 0.05) is 13.1 Å². The van der Waals surface area contributed by atoms with Crippen molar-refractivity contribution in [2.75, 3.05) is 32.7 Å². The third-order valence-corrected chi connectivity index (χ3v) is 5.18. The molecule has 0 spiro atoms. The highest BCUT2D eigenvalue weighted by molar-refractivity contribution is 4.88. The van der Waals surface area contributed by atoms with Gasteiger partial charge in [0.1, 0.15) is 0 Å². The largest absolute Gasteiger partial charge is 0.317 e. The first-order valence-electron chi connectivity index (χ1n) is 8.21. The summed E-state index contributed by atoms with van der Waals surface area (Å²) in [5.41, 5.74) is 0.635. The minimum absolute atomic E-state index is 0.635. The van der Waals surface area contributed by atoms with E-state index in [0.29, 0.717) is 5.41 Å². The molecule has 2 fully saturated rings. The molecule has 2 aliphatic heterocycles. The fourth-order valence-electron chi connectivity index (χ4n) is 4.08. The summed E-state index contributed by atoms with van der Waals surface area (Å²) < 4.78 is 0. The van der Waals surface area contributed by atoms with Gasteiger partial charge >= 0.3 is 0 Å². The lowest BCUT2D eigenvalue weighted by Crippen LogP contribution is -2.47. The van der Waals surface area contributed by atoms with Gasteiger partial charge in [-0.2, -0.15) is 0 Å². The van der Waals surface area contributed by atoms with Crippen LogP contribution in [0.5, 0.6) is 0 Å². The molecule has 0 aliphatic carbocycles. The Kier molecular flexibility index (Phi) is 5.50. The maximum atomic E-state index is 3.54. The van der Waals surface area contributed by atoms with Crippen LogP contribution >= 0.6 is 0 Å². The summed E-state index contributed by atoms with van der Waals surface area (Å²) in [7, 11) is 0. The average Bonchev–Trinajstić information content (AvgIpc) is 2.40. The van der Waals surface area contributed by atoms with Crippen molar-refractivity contribution in [1.82, 2.24) is 10.2 Å². The molecule has 0 saturated carbocycles. The highest BCUT2D eigenvalue weighted by Crippen LogP contribution is 2.36. The van der Waals surface area contributed by atoms with E-state index in [4.69, 9.17) is 0 Å². The van der Waals surface area contributed by atoms with Crippen LogP contribution in [0, 0.1) is 11.3 Å². The number of piperidine rings is 2. The quantitative estimate of drug-likeness (QED) is 0.808. The fraction of sp³-hybridized carbons (Fsp3) is 1.00. The molecule has 2 rings (SSSR count). The second-order valence-electron chi connectivity index (χ2n) is 6.65. The molecule has 2 heterocycles. The Morgan fingerprint density at radius 3 is 2.67 bits per heavy atom. The number of rotatable bonds is 5. The zero-order valence-corrected chi connectivity index (χ0v) is 12.5. The van der Waals surface area contributed by atoms with Crippen LogP contribution in [0.25, 0.3) is 0 Å². The Bertz CT molecular complexity index is 228. The number of nitrogens with zero attached hydrogens (tertiary/aromatic N) is 1. The highest BCUT2D eigenvalue weighted by Gasteiger charge is 2.34. The Morgan fingerprint density at radius 2 is 2.00 bits per heavy atom. The first kappa shape index (κ1) is 14.3. The van der Waals surface area contributed by atoms with Crippen molar-refractivity contribution in [3.63, 3.8) is 0 Å². The van der Waals surface area contributed by atoms with Gasteiger partial charge in [-0.15, -0.1) is 0 Å². The number of nitrogens with one attached hydrogen (secondary N) is 1. The molecule has 2 heteroatoms. The molecule has 2 aliphatic rings. The molecule has 0 radical (unpaired) electrons. The second-order valence-corrected chi connectivity index (χ2v) is 6.65. The monoisotopic (exact) mass is 252 g/mol. The molecule has 0 bridgehead atoms. The van der Waals surface area contributed by atoms with Gasteiger partial charge in [0.2, 0.25) is 0 Å². The fourth-order valence-corrected chi connectivity index (χ4v) is 4.08. The van der Waals surface area contributed by atoms with E-state index < -0.39 is 0 Å². The van der Waals surface area contributed by atoms with Gasteiger partial charge in [-0.05, 0) is 63.1 Å². The maximum absolute atomic E-state index is 3.54. The lowest BCUT2D eigenvalue weighted by molar-refractivity contribution is 0.0704. The van der Waals surface area contributed by atoms with Crippen LogP contribution in [0.1, 0.15) is 58.8 Å². The van der Waals surface area contributed by atoms with Gasteiger partial charge < -0.3 is 10.2 Å². The molecule has 2 saturated heterocycles. The average molecular weight is 252 g/mol. The van der Waals surface area contributed by atoms with E-state index >= 15 is 0 Å². The number of hydrogen-bond donors (Lipinski definition) is 1. The van der Waals surface area contributed by atoms with Crippen molar-refractivity contribution in [3.8, 4) is 0 Å². The zero-order valence-electron chi connectivity index (χ0n) is 12.5. The minimum atomic E-state index is 0.635. The van der Waals surface area contributed by atoms with E-state index in [0.717, 1.165) is 5.92 Å². The van der Waals surface area contributed by atoms with Crippen LogP contribution < -0.4 is 5.32 Å². The summed E-state index contributed by atoms with van der Waals surface area (Å²) in [6, 6.07) is 0. The van der Waals surface area contributed by atoms with E-state index in [1.54, 1.807) is 0 Å². The van der Waals surface area contributed by atoms with Crippen LogP contribution in [-0.4, -0.2) is 37.6 Å². The van der Waals surface area contributed by atoms with Gasteiger partial charge in [-0.25, -0.2) is 0 Å². The Labute approximate surface area is 114 Å². The van der Waals surface area contributed by atoms with Gasteiger partial charge in [0.25, 0.3) is 0 Å². The molecule has 1 unspecified atom stereocenters. The van der Waals surface area contributed by atoms with Crippen molar-refractivity contribution in [1.29, 1.82) is 0 Å². The molecule has 1 N–H and O–H groups in total. The van der Waals surface area contributed by atoms with Gasteiger partial charge in [0.05, 0.1) is 0 Å². The number of hydrogen-bond acceptors (Lipinski definition) is 2. The molecule has 18 heavy (non-hydrogen) atoms. The van der Waals surface area contributed by atoms with Crippen molar-refractivity contribution >= 4 is 0 Å². The predicted octanol–water partition coefficient (Wildman–Crippen LogP) is 3.28. The lowest BCUT2D eigenvalue weighted by Gasteiger charge is -2.44. The zero-order chi connectivity index (χ0) is 12.8. The van der Waals surface area contributed by atoms with Crippen LogP contribution in [-0.2, 0) is 0 Å². The summed E-state index contributed by atoms with van der Waals surface area (Å²) >= 11 is 0. The minimum Gasteiger partial charge on any atom is -0.317 e. The van der Waals surface area contributed by atoms with Crippen molar-refractivity contribution < 1.29 is 0 Å². The van der Waals surface area contributed by atoms with Gasteiger partial charge in [0.15, 0.2) is 0 Å². The molecule has 1 atom stereocenters. The summed E-state index contributed by atoms with van der Waals surface area (Å²) in [4.78, 5) is 2.79. The third kappa shape index (κ3) is 3.71. The highest BCUT2D eigenvalue weighted by atomic mass is 15.1. The van der Waals surface area contributed by atoms with Gasteiger partial charge in [-0.1, -0.05) is 26.7 Å². The molecule has 0 aromatic carbocycles. The molecule has 106 valence electrons. The van der Waals surface area contributed by atoms with E-state index in [1.165, 1.54) is 77.7 Å². The molecule has 0 aromatic rings. The van der Waals surface area contributed by atoms with Gasteiger partial charge in [-0.3, -0.25) is 0 Å². The molecule has 2 nitrogen and oxygen atoms in total. The van der Waals surface area contributed by atoms with Crippen LogP contribution in [0.15, 0.2) is 0 Å². The van der Waals surface area contributed by atoms with E-state index in [-0.39, 0.29) is 0 Å². The first-order valence-corrected chi connectivity index (χ1v) is 8.21. The summed E-state index contributed by atoms with van der Waals surface area (Å²) in [5.74, 6) is 0.971. The molecular formula is C16H32N2. The Hall–Kier alpha value is -0.0800. The number of likely N-dealkylation sites (tertiary alicyclic amines) is 1. The van der Waals surface area contributed by atoms with Crippen molar-refractivity contribution in [3.05, 3.63) is 0 Å². The summed E-state index contributed by atoms with van der Waals surface area (Å²) in [5, 5.41) is 3.54. The van der Waals surface area contributed by atoms with E-state index in [2.05, 4.69) is 24.1 Å². The third-order valence-electron chi connectivity index (χ3n) is 5.18. The van der Waals surface area contributed by atoms with Crippen LogP contribution in [0.2, 0.25) is 0 Å². The van der Waals surface area contributed by atoms with Crippen LogP contribution in [0.4, 0.5) is 0 Å². The normalized spacial score (nSPS) is 29.3. The first-order chi connectivity index (χ1) is 8.78. The van der Waals surface area contributed by atoms with E-state index in [9.17, 15) is 0 Å². The Morgan fingerprint density at radius 1 is 1.22 bits per heavy atom. The predicted molar refractivity (Wildman–Crippen MR) is 78.9 cm³/mol. The van der Waals surface area contributed by atoms with Crippen molar-refractivity contribution in [2.24, 2.45) is 11.3 Å². The van der Waals surface area contributed by atoms with E-state index in [1.807, 2.05) is 0 Å². The Balaban J connectivity index is 1.91. The van der Waals surface area contributed by atoms with Crippen molar-refractivity contribution in [2.45, 2.75) is 58.8 Å². The second kappa shape index (κ2) is 6.91. The SMILES string of the molecule is CCCC1(CN2CCCC(CC)C2)CCNCC1. The molecule has 0 aromatic heterocycles. The van der Waals surface area contributed by atoms with Crippen LogP contribution in [0.3, 0.4) is 0 Å². The lowest BCUT2D eigenvalue weighted by atomic mass is 9.74. The topological polar surface area (TPSA) is 15.3 Å². The smallest absolute Gasteiger partial charge is 0.00390 e. The maximum Gasteiger partial charge on any atom is 0.00390 e. The summed E-state index contributed by atoms with van der Waals surface area (Å²) in [6.45, 7) is 11.3.